The van der Waals surface area contributed by atoms with Crippen LogP contribution in [0.5, 0.6) is 0 Å². The first-order chi connectivity index (χ1) is 7.70. The maximum Gasteiger partial charge on any atom is 0.220 e. The summed E-state index contributed by atoms with van der Waals surface area (Å²) in [4.78, 5) is 11.5. The third kappa shape index (κ3) is 1.44. The molecule has 1 fully saturated rings. The lowest BCUT2D eigenvalue weighted by Crippen LogP contribution is -2.33. The smallest absolute Gasteiger partial charge is 0.220 e. The maximum absolute atomic E-state index is 11.5. The summed E-state index contributed by atoms with van der Waals surface area (Å²) in [6, 6.07) is 6.11. The summed E-state index contributed by atoms with van der Waals surface area (Å²) >= 11 is 6.07. The molecule has 84 valence electrons. The predicted molar refractivity (Wildman–Crippen MR) is 63.7 cm³/mol. The molecule has 1 aromatic rings. The summed E-state index contributed by atoms with van der Waals surface area (Å²) in [5, 5.41) is 3.74. The molecular formula is C13H14ClNO. The topological polar surface area (TPSA) is 29.1 Å². The molecule has 0 aromatic heterocycles. The molecule has 0 radical (unpaired) electrons. The number of carbonyl (C=O) groups excluding carboxylic acids is 1. The number of nitrogens with one attached hydrogen (secondary N) is 1. The fourth-order valence-electron chi connectivity index (χ4n) is 3.08. The Bertz CT molecular complexity index is 457. The highest BCUT2D eigenvalue weighted by molar-refractivity contribution is 6.30. The molecule has 1 saturated heterocycles. The van der Waals surface area contributed by atoms with Gasteiger partial charge in [-0.25, -0.2) is 0 Å². The van der Waals surface area contributed by atoms with Crippen molar-refractivity contribution in [3.8, 4) is 0 Å². The van der Waals surface area contributed by atoms with Gasteiger partial charge in [-0.1, -0.05) is 17.7 Å². The third-order valence-corrected chi connectivity index (χ3v) is 4.10. The molecule has 2 aliphatic rings. The Kier molecular flexibility index (Phi) is 2.21. The standard InChI is InChI=1S/C13H14ClNO/c14-10-4-3-9-2-1-5-13(11(9)6-10)7-12(16)15-8-13/h3-4,6H,1-2,5,7-8H2,(H,15,16). The number of aryl methyl sites for hydroxylation is 1. The molecule has 1 aliphatic carbocycles. The second kappa shape index (κ2) is 3.49. The fraction of sp³-hybridized carbons (Fsp3) is 0.462. The molecule has 3 heteroatoms. The van der Waals surface area contributed by atoms with E-state index in [4.69, 9.17) is 11.6 Å². The number of hydrogen-bond acceptors (Lipinski definition) is 1. The van der Waals surface area contributed by atoms with Gasteiger partial charge in [0.2, 0.25) is 5.91 Å². The molecule has 1 aromatic carbocycles. The zero-order chi connectivity index (χ0) is 11.2. The van der Waals surface area contributed by atoms with Crippen LogP contribution in [0.3, 0.4) is 0 Å². The van der Waals surface area contributed by atoms with Crippen molar-refractivity contribution in [2.24, 2.45) is 0 Å². The van der Waals surface area contributed by atoms with Gasteiger partial charge in [0.15, 0.2) is 0 Å². The van der Waals surface area contributed by atoms with Gasteiger partial charge in [-0.15, -0.1) is 0 Å². The highest BCUT2D eigenvalue weighted by Crippen LogP contribution is 2.42. The lowest BCUT2D eigenvalue weighted by Gasteiger charge is -2.34. The van der Waals surface area contributed by atoms with Crippen molar-refractivity contribution in [2.75, 3.05) is 6.54 Å². The summed E-state index contributed by atoms with van der Waals surface area (Å²) in [5.74, 6) is 0.174. The van der Waals surface area contributed by atoms with E-state index in [1.807, 2.05) is 6.07 Å². The molecule has 1 atom stereocenters. The van der Waals surface area contributed by atoms with E-state index in [1.54, 1.807) is 0 Å². The van der Waals surface area contributed by atoms with Crippen LogP contribution in [0, 0.1) is 0 Å². The molecule has 2 nitrogen and oxygen atoms in total. The van der Waals surface area contributed by atoms with Gasteiger partial charge in [0.1, 0.15) is 0 Å². The van der Waals surface area contributed by atoms with Gasteiger partial charge < -0.3 is 5.32 Å². The predicted octanol–water partition coefficient (Wildman–Crippen LogP) is 2.43. The van der Waals surface area contributed by atoms with Crippen molar-refractivity contribution in [1.82, 2.24) is 5.32 Å². The van der Waals surface area contributed by atoms with Gasteiger partial charge in [0.05, 0.1) is 0 Å². The number of rotatable bonds is 0. The Labute approximate surface area is 100.0 Å². The highest BCUT2D eigenvalue weighted by atomic mass is 35.5. The zero-order valence-corrected chi connectivity index (χ0v) is 9.81. The molecule has 1 spiro atoms. The molecular weight excluding hydrogens is 222 g/mol. The average Bonchev–Trinajstić information content (AvgIpc) is 2.63. The molecule has 16 heavy (non-hydrogen) atoms. The van der Waals surface area contributed by atoms with E-state index < -0.39 is 0 Å². The maximum atomic E-state index is 11.5. The molecule has 1 aliphatic heterocycles. The van der Waals surface area contributed by atoms with Gasteiger partial charge >= 0.3 is 0 Å². The van der Waals surface area contributed by atoms with Gasteiger partial charge in [-0.05, 0) is 42.5 Å². The van der Waals surface area contributed by atoms with Gasteiger partial charge in [-0.3, -0.25) is 4.79 Å². The highest BCUT2D eigenvalue weighted by Gasteiger charge is 2.42. The Morgan fingerprint density at radius 2 is 2.25 bits per heavy atom. The fourth-order valence-corrected chi connectivity index (χ4v) is 3.25. The first-order valence-electron chi connectivity index (χ1n) is 5.75. The average molecular weight is 236 g/mol. The third-order valence-electron chi connectivity index (χ3n) is 3.87. The summed E-state index contributed by atoms with van der Waals surface area (Å²) in [6.45, 7) is 0.777. The van der Waals surface area contributed by atoms with Crippen LogP contribution in [-0.4, -0.2) is 12.5 Å². The number of fused-ring (bicyclic) bond motifs is 2. The number of amides is 1. The quantitative estimate of drug-likeness (QED) is 0.735. The summed E-state index contributed by atoms with van der Waals surface area (Å²) in [5.41, 5.74) is 2.69. The second-order valence-corrected chi connectivity index (χ2v) is 5.33. The second-order valence-electron chi connectivity index (χ2n) is 4.89. The number of hydrogen-bond donors (Lipinski definition) is 1. The summed E-state index contributed by atoms with van der Waals surface area (Å²) < 4.78 is 0. The number of carbonyl (C=O) groups is 1. The largest absolute Gasteiger partial charge is 0.355 e. The molecule has 1 amide bonds. The van der Waals surface area contributed by atoms with E-state index in [9.17, 15) is 4.79 Å². The van der Waals surface area contributed by atoms with Crippen LogP contribution >= 0.6 is 11.6 Å². The van der Waals surface area contributed by atoms with Crippen LogP contribution in [0.15, 0.2) is 18.2 Å². The van der Waals surface area contributed by atoms with Gasteiger partial charge in [0, 0.05) is 23.4 Å². The minimum absolute atomic E-state index is 0.0234. The Balaban J connectivity index is 2.11. The molecule has 3 rings (SSSR count). The molecule has 0 saturated carbocycles. The summed E-state index contributed by atoms with van der Waals surface area (Å²) in [6.07, 6.45) is 4.01. The van der Waals surface area contributed by atoms with E-state index in [1.165, 1.54) is 17.5 Å². The van der Waals surface area contributed by atoms with Crippen molar-refractivity contribution in [2.45, 2.75) is 31.1 Å². The zero-order valence-electron chi connectivity index (χ0n) is 9.05. The lowest BCUT2D eigenvalue weighted by molar-refractivity contribution is -0.119. The van der Waals surface area contributed by atoms with Gasteiger partial charge in [0.25, 0.3) is 0 Å². The lowest BCUT2D eigenvalue weighted by atomic mass is 9.69. The minimum Gasteiger partial charge on any atom is -0.355 e. The Morgan fingerprint density at radius 3 is 3.00 bits per heavy atom. The Hall–Kier alpha value is -1.02. The molecule has 1 N–H and O–H groups in total. The van der Waals surface area contributed by atoms with E-state index in [2.05, 4.69) is 17.4 Å². The van der Waals surface area contributed by atoms with Crippen molar-refractivity contribution in [3.63, 3.8) is 0 Å². The van der Waals surface area contributed by atoms with Gasteiger partial charge in [-0.2, -0.15) is 0 Å². The van der Waals surface area contributed by atoms with Crippen LogP contribution in [0.1, 0.15) is 30.4 Å². The van der Waals surface area contributed by atoms with E-state index in [0.29, 0.717) is 6.42 Å². The van der Waals surface area contributed by atoms with Crippen molar-refractivity contribution in [1.29, 1.82) is 0 Å². The van der Waals surface area contributed by atoms with E-state index in [-0.39, 0.29) is 11.3 Å². The molecule has 1 unspecified atom stereocenters. The van der Waals surface area contributed by atoms with Crippen LogP contribution in [0.25, 0.3) is 0 Å². The Morgan fingerprint density at radius 1 is 1.38 bits per heavy atom. The van der Waals surface area contributed by atoms with Crippen LogP contribution in [0.2, 0.25) is 5.02 Å². The first kappa shape index (κ1) is 10.2. The monoisotopic (exact) mass is 235 g/mol. The SMILES string of the molecule is O=C1CC2(CCCc3ccc(Cl)cc32)CN1. The van der Waals surface area contributed by atoms with Crippen LogP contribution in [-0.2, 0) is 16.6 Å². The molecule has 0 bridgehead atoms. The molecule has 1 heterocycles. The first-order valence-corrected chi connectivity index (χ1v) is 6.13. The van der Waals surface area contributed by atoms with E-state index >= 15 is 0 Å². The van der Waals surface area contributed by atoms with Crippen molar-refractivity contribution >= 4 is 17.5 Å². The summed E-state index contributed by atoms with van der Waals surface area (Å²) in [7, 11) is 0. The number of halogens is 1. The van der Waals surface area contributed by atoms with E-state index in [0.717, 1.165) is 24.4 Å². The van der Waals surface area contributed by atoms with Crippen molar-refractivity contribution in [3.05, 3.63) is 34.3 Å². The van der Waals surface area contributed by atoms with Crippen molar-refractivity contribution < 1.29 is 4.79 Å². The van der Waals surface area contributed by atoms with Crippen LogP contribution in [0.4, 0.5) is 0 Å². The minimum atomic E-state index is 0.0234. The number of benzene rings is 1. The normalized spacial score (nSPS) is 27.9. The van der Waals surface area contributed by atoms with Crippen LogP contribution < -0.4 is 5.32 Å².